The molecule has 6 nitrogen and oxygen atoms in total. The van der Waals surface area contributed by atoms with Gasteiger partial charge in [0.1, 0.15) is 0 Å². The zero-order valence-corrected chi connectivity index (χ0v) is 16.8. The molecule has 7 heteroatoms. The fourth-order valence-electron chi connectivity index (χ4n) is 3.42. The van der Waals surface area contributed by atoms with Crippen molar-refractivity contribution in [2.24, 2.45) is 0 Å². The minimum Gasteiger partial charge on any atom is -0.340 e. The second-order valence-electron chi connectivity index (χ2n) is 7.07. The summed E-state index contributed by atoms with van der Waals surface area (Å²) in [5.74, 6) is 1.28. The van der Waals surface area contributed by atoms with E-state index in [2.05, 4.69) is 46.2 Å². The molecular weight excluding hydrogens is 372 g/mol. The van der Waals surface area contributed by atoms with Crippen LogP contribution in [-0.2, 0) is 17.8 Å². The minimum atomic E-state index is 0.159. The van der Waals surface area contributed by atoms with Gasteiger partial charge in [-0.1, -0.05) is 35.5 Å². The third kappa shape index (κ3) is 4.48. The van der Waals surface area contributed by atoms with Crippen molar-refractivity contribution in [3.05, 3.63) is 58.8 Å². The predicted molar refractivity (Wildman–Crippen MR) is 109 cm³/mol. The van der Waals surface area contributed by atoms with E-state index in [9.17, 15) is 4.79 Å². The van der Waals surface area contributed by atoms with Gasteiger partial charge in [0.05, 0.1) is 4.88 Å². The number of amides is 1. The normalized spacial score (nSPS) is 15.1. The van der Waals surface area contributed by atoms with Crippen LogP contribution in [0.2, 0.25) is 0 Å². The van der Waals surface area contributed by atoms with Crippen molar-refractivity contribution in [1.29, 1.82) is 0 Å². The zero-order chi connectivity index (χ0) is 19.3. The van der Waals surface area contributed by atoms with Crippen molar-refractivity contribution in [3.8, 4) is 10.7 Å². The van der Waals surface area contributed by atoms with Crippen molar-refractivity contribution in [2.45, 2.75) is 26.3 Å². The van der Waals surface area contributed by atoms with Gasteiger partial charge in [0.2, 0.25) is 17.6 Å². The summed E-state index contributed by atoms with van der Waals surface area (Å²) >= 11 is 1.57. The van der Waals surface area contributed by atoms with Crippen LogP contribution in [-0.4, -0.2) is 52.0 Å². The number of carbonyl (C=O) groups is 1. The average molecular weight is 397 g/mol. The Kier molecular flexibility index (Phi) is 5.83. The van der Waals surface area contributed by atoms with E-state index < -0.39 is 0 Å². The highest BCUT2D eigenvalue weighted by atomic mass is 32.1. The van der Waals surface area contributed by atoms with Gasteiger partial charge >= 0.3 is 0 Å². The Hall–Kier alpha value is -2.51. The Morgan fingerprint density at radius 2 is 1.96 bits per heavy atom. The van der Waals surface area contributed by atoms with Crippen molar-refractivity contribution < 1.29 is 9.32 Å². The molecule has 28 heavy (non-hydrogen) atoms. The van der Waals surface area contributed by atoms with Gasteiger partial charge in [0, 0.05) is 45.6 Å². The van der Waals surface area contributed by atoms with Gasteiger partial charge in [-0.3, -0.25) is 9.69 Å². The summed E-state index contributed by atoms with van der Waals surface area (Å²) in [6.07, 6.45) is 0.893. The molecule has 0 spiro atoms. The molecule has 1 saturated heterocycles. The number of thiophene rings is 1. The summed E-state index contributed by atoms with van der Waals surface area (Å²) in [6.45, 7) is 6.45. The maximum Gasteiger partial charge on any atom is 0.227 e. The molecule has 3 aromatic rings. The maximum atomic E-state index is 12.5. The molecule has 4 rings (SSSR count). The van der Waals surface area contributed by atoms with E-state index in [1.54, 1.807) is 11.3 Å². The lowest BCUT2D eigenvalue weighted by atomic mass is 10.1. The molecule has 0 N–H and O–H groups in total. The molecule has 146 valence electrons. The second-order valence-corrected chi connectivity index (χ2v) is 8.02. The third-order valence-electron chi connectivity index (χ3n) is 5.14. The highest BCUT2D eigenvalue weighted by molar-refractivity contribution is 7.13. The quantitative estimate of drug-likeness (QED) is 0.639. The van der Waals surface area contributed by atoms with Crippen LogP contribution in [0.1, 0.15) is 23.4 Å². The summed E-state index contributed by atoms with van der Waals surface area (Å²) in [5, 5.41) is 5.98. The molecule has 1 fully saturated rings. The summed E-state index contributed by atoms with van der Waals surface area (Å²) < 4.78 is 5.29. The van der Waals surface area contributed by atoms with E-state index in [1.165, 1.54) is 11.1 Å². The first-order chi connectivity index (χ1) is 13.7. The molecule has 1 aromatic carbocycles. The molecule has 0 atom stereocenters. The molecule has 2 aromatic heterocycles. The number of hydrogen-bond donors (Lipinski definition) is 0. The molecule has 1 aliphatic rings. The van der Waals surface area contributed by atoms with Gasteiger partial charge in [-0.15, -0.1) is 11.3 Å². The summed E-state index contributed by atoms with van der Waals surface area (Å²) in [7, 11) is 0. The van der Waals surface area contributed by atoms with E-state index in [4.69, 9.17) is 4.52 Å². The van der Waals surface area contributed by atoms with Crippen molar-refractivity contribution in [3.63, 3.8) is 0 Å². The summed E-state index contributed by atoms with van der Waals surface area (Å²) in [5.41, 5.74) is 2.68. The lowest BCUT2D eigenvalue weighted by Gasteiger charge is -2.35. The number of aromatic nitrogens is 2. The van der Waals surface area contributed by atoms with Gasteiger partial charge in [-0.05, 0) is 29.5 Å². The topological polar surface area (TPSA) is 62.5 Å². The first-order valence-corrected chi connectivity index (χ1v) is 10.5. The van der Waals surface area contributed by atoms with Crippen LogP contribution in [0.3, 0.4) is 0 Å². The largest absolute Gasteiger partial charge is 0.340 e. The molecule has 0 radical (unpaired) electrons. The second kappa shape index (κ2) is 8.67. The number of carbonyl (C=O) groups excluding carboxylic acids is 1. The van der Waals surface area contributed by atoms with Crippen LogP contribution in [0.4, 0.5) is 0 Å². The van der Waals surface area contributed by atoms with Crippen molar-refractivity contribution >= 4 is 17.2 Å². The molecule has 0 saturated carbocycles. The van der Waals surface area contributed by atoms with Crippen LogP contribution in [0, 0.1) is 6.92 Å². The lowest BCUT2D eigenvalue weighted by Crippen LogP contribution is -2.48. The Morgan fingerprint density at radius 3 is 2.71 bits per heavy atom. The summed E-state index contributed by atoms with van der Waals surface area (Å²) in [6, 6.07) is 12.4. The number of hydrogen-bond acceptors (Lipinski definition) is 6. The highest BCUT2D eigenvalue weighted by Crippen LogP contribution is 2.21. The fraction of sp³-hybridized carbons (Fsp3) is 0.381. The van der Waals surface area contributed by atoms with Gasteiger partial charge in [-0.2, -0.15) is 4.98 Å². The molecule has 1 amide bonds. The SMILES string of the molecule is Cc1ccccc1CN1CCN(C(=O)CCc2nc(-c3cccs3)no2)CC1. The van der Waals surface area contributed by atoms with Gasteiger partial charge in [0.15, 0.2) is 0 Å². The van der Waals surface area contributed by atoms with E-state index in [1.807, 2.05) is 22.4 Å². The number of piperazine rings is 1. The maximum absolute atomic E-state index is 12.5. The van der Waals surface area contributed by atoms with E-state index >= 15 is 0 Å². The van der Waals surface area contributed by atoms with Gasteiger partial charge in [-0.25, -0.2) is 0 Å². The number of rotatable bonds is 6. The van der Waals surface area contributed by atoms with Crippen LogP contribution < -0.4 is 0 Å². The van der Waals surface area contributed by atoms with Crippen LogP contribution in [0.25, 0.3) is 10.7 Å². The Morgan fingerprint density at radius 1 is 1.14 bits per heavy atom. The number of nitrogens with zero attached hydrogens (tertiary/aromatic N) is 4. The van der Waals surface area contributed by atoms with Crippen molar-refractivity contribution in [2.75, 3.05) is 26.2 Å². The first-order valence-electron chi connectivity index (χ1n) is 9.60. The molecule has 0 aliphatic carbocycles. The smallest absolute Gasteiger partial charge is 0.227 e. The summed E-state index contributed by atoms with van der Waals surface area (Å²) in [4.78, 5) is 22.3. The lowest BCUT2D eigenvalue weighted by molar-refractivity contribution is -0.133. The van der Waals surface area contributed by atoms with Crippen LogP contribution in [0.5, 0.6) is 0 Å². The predicted octanol–water partition coefficient (Wildman–Crippen LogP) is 3.38. The Balaban J connectivity index is 1.24. The van der Waals surface area contributed by atoms with Crippen molar-refractivity contribution in [1.82, 2.24) is 19.9 Å². The first kappa shape index (κ1) is 18.8. The average Bonchev–Trinajstić information content (AvgIpc) is 3.40. The highest BCUT2D eigenvalue weighted by Gasteiger charge is 2.22. The monoisotopic (exact) mass is 396 g/mol. The molecule has 0 bridgehead atoms. The standard InChI is InChI=1S/C21H24N4O2S/c1-16-5-2-3-6-17(16)15-24-10-12-25(13-11-24)20(26)9-8-19-22-21(23-27-19)18-7-4-14-28-18/h2-7,14H,8-13,15H2,1H3. The molecular formula is C21H24N4O2S. The fourth-order valence-corrected chi connectivity index (χ4v) is 4.07. The van der Waals surface area contributed by atoms with E-state index in [0.29, 0.717) is 24.6 Å². The number of benzene rings is 1. The van der Waals surface area contributed by atoms with Gasteiger partial charge < -0.3 is 9.42 Å². The molecule has 0 unspecified atom stereocenters. The number of aryl methyl sites for hydroxylation is 2. The van der Waals surface area contributed by atoms with Crippen LogP contribution in [0.15, 0.2) is 46.3 Å². The third-order valence-corrected chi connectivity index (χ3v) is 6.01. The van der Waals surface area contributed by atoms with E-state index in [-0.39, 0.29) is 5.91 Å². The molecule has 3 heterocycles. The van der Waals surface area contributed by atoms with Crippen LogP contribution >= 0.6 is 11.3 Å². The van der Waals surface area contributed by atoms with E-state index in [0.717, 1.165) is 37.6 Å². The zero-order valence-electron chi connectivity index (χ0n) is 16.0. The Bertz CT molecular complexity index is 914. The van der Waals surface area contributed by atoms with Gasteiger partial charge in [0.25, 0.3) is 0 Å². The molecule has 1 aliphatic heterocycles. The minimum absolute atomic E-state index is 0.159. The Labute approximate surface area is 168 Å².